The number of anilines is 1. The van der Waals surface area contributed by atoms with Gasteiger partial charge in [-0.3, -0.25) is 9.10 Å². The summed E-state index contributed by atoms with van der Waals surface area (Å²) in [6, 6.07) is 19.7. The number of nitrogens with zero attached hydrogens (tertiary/aromatic N) is 1. The van der Waals surface area contributed by atoms with Gasteiger partial charge in [-0.15, -0.1) is 0 Å². The van der Waals surface area contributed by atoms with Gasteiger partial charge in [-0.2, -0.15) is 0 Å². The maximum atomic E-state index is 13.5. The zero-order chi connectivity index (χ0) is 24.3. The highest BCUT2D eigenvalue weighted by Gasteiger charge is 2.28. The smallest absolute Gasteiger partial charge is 0.264 e. The number of carbonyl (C=O) groups excluding carboxylic acids is 1. The lowest BCUT2D eigenvalue weighted by Gasteiger charge is -2.25. The Morgan fingerprint density at radius 3 is 2.29 bits per heavy atom. The number of fused-ring (bicyclic) bond motifs is 1. The van der Waals surface area contributed by atoms with Crippen molar-refractivity contribution in [2.24, 2.45) is 0 Å². The van der Waals surface area contributed by atoms with Crippen molar-refractivity contribution in [3.63, 3.8) is 0 Å². The summed E-state index contributed by atoms with van der Waals surface area (Å²) >= 11 is 3.39. The molecule has 0 saturated heterocycles. The second kappa shape index (κ2) is 10.3. The minimum Gasteiger partial charge on any atom is -0.348 e. The van der Waals surface area contributed by atoms with Gasteiger partial charge in [-0.05, 0) is 92.6 Å². The number of nitrogens with one attached hydrogen (secondary N) is 1. The minimum absolute atomic E-state index is 0.150. The normalized spacial score (nSPS) is 14.2. The number of carbonyl (C=O) groups is 1. The number of benzene rings is 3. The van der Waals surface area contributed by atoms with E-state index in [0.717, 1.165) is 28.4 Å². The Balaban J connectivity index is 1.56. The largest absolute Gasteiger partial charge is 0.348 e. The zero-order valence-electron chi connectivity index (χ0n) is 19.4. The molecule has 1 atom stereocenters. The molecule has 0 saturated carbocycles. The van der Waals surface area contributed by atoms with E-state index in [2.05, 4.69) is 39.4 Å². The van der Waals surface area contributed by atoms with Crippen LogP contribution in [-0.2, 0) is 27.7 Å². The molecule has 0 unspecified atom stereocenters. The van der Waals surface area contributed by atoms with Gasteiger partial charge in [0.2, 0.25) is 5.91 Å². The monoisotopic (exact) mass is 540 g/mol. The lowest BCUT2D eigenvalue weighted by molar-refractivity contribution is -0.120. The molecular weight excluding hydrogens is 512 g/mol. The molecule has 0 bridgehead atoms. The zero-order valence-corrected chi connectivity index (χ0v) is 21.8. The van der Waals surface area contributed by atoms with E-state index < -0.39 is 10.0 Å². The molecule has 0 spiro atoms. The third kappa shape index (κ3) is 5.53. The van der Waals surface area contributed by atoms with Crippen LogP contribution in [0.5, 0.6) is 0 Å². The average molecular weight is 542 g/mol. The van der Waals surface area contributed by atoms with Crippen LogP contribution < -0.4 is 9.62 Å². The van der Waals surface area contributed by atoms with Crippen LogP contribution in [0.4, 0.5) is 5.69 Å². The lowest BCUT2D eigenvalue weighted by atomic mass is 9.89. The molecule has 0 heterocycles. The topological polar surface area (TPSA) is 66.5 Å². The predicted molar refractivity (Wildman–Crippen MR) is 139 cm³/mol. The summed E-state index contributed by atoms with van der Waals surface area (Å²) in [6.45, 7) is 3.52. The van der Waals surface area contributed by atoms with Crippen molar-refractivity contribution in [3.05, 3.63) is 93.5 Å². The van der Waals surface area contributed by atoms with Crippen molar-refractivity contribution in [2.75, 3.05) is 10.8 Å². The first-order valence-electron chi connectivity index (χ1n) is 11.5. The Bertz CT molecular complexity index is 1270. The van der Waals surface area contributed by atoms with E-state index >= 15 is 0 Å². The highest BCUT2D eigenvalue weighted by atomic mass is 79.9. The summed E-state index contributed by atoms with van der Waals surface area (Å²) in [5, 5.41) is 2.99. The third-order valence-corrected chi connectivity index (χ3v) is 8.58. The van der Waals surface area contributed by atoms with Crippen molar-refractivity contribution in [2.45, 2.75) is 50.5 Å². The van der Waals surface area contributed by atoms with Crippen LogP contribution in [0.1, 0.15) is 48.1 Å². The van der Waals surface area contributed by atoms with Crippen LogP contribution in [0.2, 0.25) is 0 Å². The molecule has 3 aromatic carbocycles. The van der Waals surface area contributed by atoms with Crippen LogP contribution in [0.25, 0.3) is 0 Å². The third-order valence-electron chi connectivity index (χ3n) is 6.26. The van der Waals surface area contributed by atoms with Crippen molar-refractivity contribution in [3.8, 4) is 0 Å². The molecule has 7 heteroatoms. The molecule has 3 aromatic rings. The highest BCUT2D eigenvalue weighted by molar-refractivity contribution is 9.10. The van der Waals surface area contributed by atoms with Gasteiger partial charge in [-0.1, -0.05) is 51.8 Å². The van der Waals surface area contributed by atoms with Gasteiger partial charge in [-0.25, -0.2) is 8.42 Å². The van der Waals surface area contributed by atoms with E-state index in [1.165, 1.54) is 28.3 Å². The number of hydrogen-bond donors (Lipinski definition) is 1. The number of sulfonamides is 1. The summed E-state index contributed by atoms with van der Waals surface area (Å²) in [4.78, 5) is 13.2. The molecule has 34 heavy (non-hydrogen) atoms. The Morgan fingerprint density at radius 1 is 0.971 bits per heavy atom. The summed E-state index contributed by atoms with van der Waals surface area (Å²) < 4.78 is 29.0. The molecule has 1 N–H and O–H groups in total. The first-order valence-corrected chi connectivity index (χ1v) is 13.7. The fourth-order valence-electron chi connectivity index (χ4n) is 4.28. The quantitative estimate of drug-likeness (QED) is 0.417. The highest BCUT2D eigenvalue weighted by Crippen LogP contribution is 2.27. The van der Waals surface area contributed by atoms with Crippen molar-refractivity contribution >= 4 is 37.5 Å². The summed E-state index contributed by atoms with van der Waals surface area (Å²) in [7, 11) is -3.93. The molecule has 178 valence electrons. The molecule has 1 aliphatic carbocycles. The SMILES string of the molecule is Cc1ccc(S(=O)(=O)N(CC(=O)N[C@H](C)c2ccc3c(c2)CCCC3)c2ccc(Br)cc2)cc1. The first kappa shape index (κ1) is 24.5. The van der Waals surface area contributed by atoms with Crippen LogP contribution in [0.3, 0.4) is 0 Å². The number of amides is 1. The Morgan fingerprint density at radius 2 is 1.62 bits per heavy atom. The predicted octanol–water partition coefficient (Wildman–Crippen LogP) is 5.71. The van der Waals surface area contributed by atoms with Crippen molar-refractivity contribution in [1.29, 1.82) is 0 Å². The van der Waals surface area contributed by atoms with E-state index in [1.54, 1.807) is 48.5 Å². The minimum atomic E-state index is -3.93. The van der Waals surface area contributed by atoms with Crippen LogP contribution in [-0.4, -0.2) is 20.9 Å². The molecule has 1 aliphatic rings. The van der Waals surface area contributed by atoms with Crippen molar-refractivity contribution < 1.29 is 13.2 Å². The molecule has 0 aliphatic heterocycles. The van der Waals surface area contributed by atoms with E-state index in [4.69, 9.17) is 0 Å². The lowest BCUT2D eigenvalue weighted by Crippen LogP contribution is -2.41. The molecule has 0 radical (unpaired) electrons. The Hall–Kier alpha value is -2.64. The Kier molecular flexibility index (Phi) is 7.43. The summed E-state index contributed by atoms with van der Waals surface area (Å²) in [6.07, 6.45) is 4.58. The second-order valence-corrected chi connectivity index (χ2v) is 11.6. The summed E-state index contributed by atoms with van der Waals surface area (Å²) in [5.74, 6) is -0.358. The van der Waals surface area contributed by atoms with Crippen LogP contribution in [0, 0.1) is 6.92 Å². The van der Waals surface area contributed by atoms with Gasteiger partial charge in [0.15, 0.2) is 0 Å². The van der Waals surface area contributed by atoms with Crippen molar-refractivity contribution in [1.82, 2.24) is 5.32 Å². The molecule has 5 nitrogen and oxygen atoms in total. The van der Waals surface area contributed by atoms with Gasteiger partial charge in [0.1, 0.15) is 6.54 Å². The van der Waals surface area contributed by atoms with E-state index in [9.17, 15) is 13.2 Å². The number of hydrogen-bond acceptors (Lipinski definition) is 3. The van der Waals surface area contributed by atoms with Crippen LogP contribution >= 0.6 is 15.9 Å². The molecule has 0 fully saturated rings. The van der Waals surface area contributed by atoms with Gasteiger partial charge < -0.3 is 5.32 Å². The maximum Gasteiger partial charge on any atom is 0.264 e. The first-order chi connectivity index (χ1) is 16.2. The Labute approximate surface area is 210 Å². The second-order valence-electron chi connectivity index (χ2n) is 8.83. The van der Waals surface area contributed by atoms with Gasteiger partial charge in [0.05, 0.1) is 16.6 Å². The van der Waals surface area contributed by atoms with Crippen LogP contribution in [0.15, 0.2) is 76.1 Å². The van der Waals surface area contributed by atoms with Gasteiger partial charge in [0.25, 0.3) is 10.0 Å². The van der Waals surface area contributed by atoms with Gasteiger partial charge in [0, 0.05) is 4.47 Å². The van der Waals surface area contributed by atoms with E-state index in [0.29, 0.717) is 5.69 Å². The molecule has 1 amide bonds. The summed E-state index contributed by atoms with van der Waals surface area (Å²) in [5.41, 5.74) is 5.17. The van der Waals surface area contributed by atoms with Gasteiger partial charge >= 0.3 is 0 Å². The van der Waals surface area contributed by atoms with E-state index in [-0.39, 0.29) is 23.4 Å². The number of rotatable bonds is 7. The van der Waals surface area contributed by atoms with E-state index in [1.807, 2.05) is 13.8 Å². The number of halogens is 1. The molecule has 4 rings (SSSR count). The fourth-order valence-corrected chi connectivity index (χ4v) is 5.97. The molecular formula is C27H29BrN2O3S. The number of aryl methyl sites for hydroxylation is 3. The maximum absolute atomic E-state index is 13.5. The average Bonchev–Trinajstić information content (AvgIpc) is 2.83. The standard InChI is InChI=1S/C27H29BrN2O3S/c1-19-7-15-26(16-8-19)34(32,33)30(25-13-11-24(28)12-14-25)18-27(31)29-20(2)22-10-9-21-5-3-4-6-23(21)17-22/h7-17,20H,3-6,18H2,1-2H3,(H,29,31)/t20-/m1/s1. The fraction of sp³-hybridized carbons (Fsp3) is 0.296. The molecule has 0 aromatic heterocycles.